The maximum atomic E-state index is 10.5. The highest BCUT2D eigenvalue weighted by Gasteiger charge is 2.19. The molecule has 1 rings (SSSR count). The number of nitrogens with one attached hydrogen (secondary N) is 1. The van der Waals surface area contributed by atoms with Crippen LogP contribution in [0, 0.1) is 5.92 Å². The predicted octanol–water partition coefficient (Wildman–Crippen LogP) is 0.558. The van der Waals surface area contributed by atoms with Crippen LogP contribution >= 0.6 is 22.6 Å². The lowest BCUT2D eigenvalue weighted by molar-refractivity contribution is -0.119. The fourth-order valence-electron chi connectivity index (χ4n) is 0.774. The first kappa shape index (κ1) is 6.32. The van der Waals surface area contributed by atoms with Crippen molar-refractivity contribution in [3.63, 3.8) is 0 Å². The molecule has 0 unspecified atom stereocenters. The van der Waals surface area contributed by atoms with Crippen molar-refractivity contribution in [1.82, 2.24) is 5.32 Å². The molecular weight excluding hydrogens is 217 g/mol. The van der Waals surface area contributed by atoms with E-state index in [1.807, 2.05) is 0 Å². The molecule has 1 heterocycles. The normalized spacial score (nSPS) is 28.1. The van der Waals surface area contributed by atoms with Gasteiger partial charge in [0.1, 0.15) is 0 Å². The molecule has 1 saturated heterocycles. The van der Waals surface area contributed by atoms with Crippen LogP contribution in [0.2, 0.25) is 0 Å². The lowest BCUT2D eigenvalue weighted by Crippen LogP contribution is -2.13. The molecule has 1 aliphatic heterocycles. The van der Waals surface area contributed by atoms with E-state index >= 15 is 0 Å². The third-order valence-corrected chi connectivity index (χ3v) is 2.53. The van der Waals surface area contributed by atoms with Crippen molar-refractivity contribution in [2.75, 3.05) is 11.0 Å². The van der Waals surface area contributed by atoms with Gasteiger partial charge in [-0.3, -0.25) is 4.79 Å². The van der Waals surface area contributed by atoms with Gasteiger partial charge in [-0.05, 0) is 5.92 Å². The van der Waals surface area contributed by atoms with Crippen LogP contribution in [0.25, 0.3) is 0 Å². The topological polar surface area (TPSA) is 29.1 Å². The van der Waals surface area contributed by atoms with E-state index in [0.717, 1.165) is 17.4 Å². The van der Waals surface area contributed by atoms with Crippen LogP contribution in [-0.2, 0) is 4.79 Å². The van der Waals surface area contributed by atoms with E-state index in [-0.39, 0.29) is 5.91 Å². The molecule has 1 aliphatic rings. The maximum Gasteiger partial charge on any atom is 0.220 e. The molecule has 1 amide bonds. The molecule has 46 valence electrons. The largest absolute Gasteiger partial charge is 0.356 e. The van der Waals surface area contributed by atoms with Crippen LogP contribution in [0.15, 0.2) is 0 Å². The molecule has 2 nitrogen and oxygen atoms in total. The van der Waals surface area contributed by atoms with Gasteiger partial charge in [-0.25, -0.2) is 0 Å². The Labute approximate surface area is 62.2 Å². The monoisotopic (exact) mass is 225 g/mol. The number of amides is 1. The van der Waals surface area contributed by atoms with Gasteiger partial charge in [-0.15, -0.1) is 0 Å². The smallest absolute Gasteiger partial charge is 0.220 e. The summed E-state index contributed by atoms with van der Waals surface area (Å²) in [5.74, 6) is 0.815. The van der Waals surface area contributed by atoms with E-state index in [9.17, 15) is 4.79 Å². The summed E-state index contributed by atoms with van der Waals surface area (Å²) in [4.78, 5) is 10.5. The van der Waals surface area contributed by atoms with Crippen LogP contribution in [0.5, 0.6) is 0 Å². The highest BCUT2D eigenvalue weighted by atomic mass is 127. The molecule has 0 radical (unpaired) electrons. The van der Waals surface area contributed by atoms with Crippen molar-refractivity contribution in [3.05, 3.63) is 0 Å². The Hall–Kier alpha value is 0.200. The maximum absolute atomic E-state index is 10.5. The average Bonchev–Trinajstić information content (AvgIpc) is 2.14. The fourth-order valence-corrected chi connectivity index (χ4v) is 1.40. The first-order valence-electron chi connectivity index (χ1n) is 2.65. The SMILES string of the molecule is O=C1C[C@H](CI)CN1. The summed E-state index contributed by atoms with van der Waals surface area (Å²) in [5.41, 5.74) is 0. The Bertz CT molecular complexity index is 105. The van der Waals surface area contributed by atoms with Crippen LogP contribution in [0.1, 0.15) is 6.42 Å². The van der Waals surface area contributed by atoms with Crippen molar-refractivity contribution in [1.29, 1.82) is 0 Å². The third kappa shape index (κ3) is 1.34. The zero-order valence-corrected chi connectivity index (χ0v) is 6.64. The molecule has 1 atom stereocenters. The molecule has 0 aromatic heterocycles. The Morgan fingerprint density at radius 1 is 1.88 bits per heavy atom. The lowest BCUT2D eigenvalue weighted by Gasteiger charge is -1.95. The summed E-state index contributed by atoms with van der Waals surface area (Å²) in [6, 6.07) is 0. The number of hydrogen-bond acceptors (Lipinski definition) is 1. The molecule has 0 saturated carbocycles. The van der Waals surface area contributed by atoms with Crippen molar-refractivity contribution < 1.29 is 4.79 Å². The molecule has 0 aliphatic carbocycles. The first-order valence-corrected chi connectivity index (χ1v) is 4.18. The Kier molecular flexibility index (Phi) is 2.10. The second-order valence-corrected chi connectivity index (χ2v) is 2.91. The predicted molar refractivity (Wildman–Crippen MR) is 40.0 cm³/mol. The van der Waals surface area contributed by atoms with Crippen LogP contribution in [-0.4, -0.2) is 16.9 Å². The van der Waals surface area contributed by atoms with Crippen molar-refractivity contribution >= 4 is 28.5 Å². The lowest BCUT2D eigenvalue weighted by atomic mass is 10.2. The number of alkyl halides is 1. The summed E-state index contributed by atoms with van der Waals surface area (Å²) < 4.78 is 1.09. The summed E-state index contributed by atoms with van der Waals surface area (Å²) in [5, 5.41) is 2.78. The van der Waals surface area contributed by atoms with Crippen molar-refractivity contribution in [3.8, 4) is 0 Å². The number of halogens is 1. The number of carbonyl (C=O) groups is 1. The fraction of sp³-hybridized carbons (Fsp3) is 0.800. The molecule has 1 N–H and O–H groups in total. The van der Waals surface area contributed by atoms with Crippen molar-refractivity contribution in [2.45, 2.75) is 6.42 Å². The van der Waals surface area contributed by atoms with Gasteiger partial charge < -0.3 is 5.32 Å². The summed E-state index contributed by atoms with van der Waals surface area (Å²) in [6.45, 7) is 0.891. The van der Waals surface area contributed by atoms with Gasteiger partial charge in [0.15, 0.2) is 0 Å². The Morgan fingerprint density at radius 3 is 2.88 bits per heavy atom. The van der Waals surface area contributed by atoms with E-state index in [1.54, 1.807) is 0 Å². The molecule has 8 heavy (non-hydrogen) atoms. The number of carbonyl (C=O) groups excluding carboxylic acids is 1. The minimum atomic E-state index is 0.215. The molecule has 1 fully saturated rings. The average molecular weight is 225 g/mol. The molecule has 0 spiro atoms. The summed E-state index contributed by atoms with van der Waals surface area (Å²) in [7, 11) is 0. The summed E-state index contributed by atoms with van der Waals surface area (Å²) >= 11 is 2.31. The second kappa shape index (κ2) is 2.66. The second-order valence-electron chi connectivity index (χ2n) is 2.03. The highest BCUT2D eigenvalue weighted by Crippen LogP contribution is 2.10. The quantitative estimate of drug-likeness (QED) is 0.512. The zero-order valence-electron chi connectivity index (χ0n) is 4.48. The van der Waals surface area contributed by atoms with Crippen LogP contribution in [0.4, 0.5) is 0 Å². The van der Waals surface area contributed by atoms with Gasteiger partial charge in [0.05, 0.1) is 0 Å². The number of hydrogen-bond donors (Lipinski definition) is 1. The molecule has 0 aromatic rings. The van der Waals surface area contributed by atoms with Gasteiger partial charge >= 0.3 is 0 Å². The summed E-state index contributed by atoms with van der Waals surface area (Å²) in [6.07, 6.45) is 0.739. The highest BCUT2D eigenvalue weighted by molar-refractivity contribution is 14.1. The van der Waals surface area contributed by atoms with E-state index in [1.165, 1.54) is 0 Å². The van der Waals surface area contributed by atoms with Gasteiger partial charge in [0.2, 0.25) is 5.91 Å². The standard InChI is InChI=1S/C5H8INO/c6-2-4-1-5(8)7-3-4/h4H,1-3H2,(H,7,8)/t4-/m1/s1. The van der Waals surface area contributed by atoms with Crippen LogP contribution in [0.3, 0.4) is 0 Å². The van der Waals surface area contributed by atoms with Gasteiger partial charge in [-0.2, -0.15) is 0 Å². The molecule has 0 bridgehead atoms. The first-order chi connectivity index (χ1) is 3.83. The van der Waals surface area contributed by atoms with E-state index in [2.05, 4.69) is 27.9 Å². The van der Waals surface area contributed by atoms with E-state index in [4.69, 9.17) is 0 Å². The third-order valence-electron chi connectivity index (χ3n) is 1.28. The Morgan fingerprint density at radius 2 is 2.62 bits per heavy atom. The van der Waals surface area contributed by atoms with E-state index < -0.39 is 0 Å². The van der Waals surface area contributed by atoms with Gasteiger partial charge in [0, 0.05) is 17.4 Å². The van der Waals surface area contributed by atoms with E-state index in [0.29, 0.717) is 5.92 Å². The molecule has 3 heteroatoms. The zero-order chi connectivity index (χ0) is 5.98. The molecule has 0 aromatic carbocycles. The van der Waals surface area contributed by atoms with Gasteiger partial charge in [0.25, 0.3) is 0 Å². The molecular formula is C5H8INO. The van der Waals surface area contributed by atoms with Crippen LogP contribution < -0.4 is 5.32 Å². The van der Waals surface area contributed by atoms with Crippen molar-refractivity contribution in [2.24, 2.45) is 5.92 Å². The minimum absolute atomic E-state index is 0.215. The Balaban J connectivity index is 2.32. The minimum Gasteiger partial charge on any atom is -0.356 e. The van der Waals surface area contributed by atoms with Gasteiger partial charge in [-0.1, -0.05) is 22.6 Å². The number of rotatable bonds is 1.